The van der Waals surface area contributed by atoms with Crippen molar-refractivity contribution in [2.75, 3.05) is 0 Å². The number of carbonyl (C=O) groups is 1. The molecule has 1 aromatic rings. The van der Waals surface area contributed by atoms with Crippen LogP contribution in [0.25, 0.3) is 6.08 Å². The third-order valence-corrected chi connectivity index (χ3v) is 2.68. The number of allylic oxidation sites excluding steroid dienone is 1. The van der Waals surface area contributed by atoms with Crippen molar-refractivity contribution in [2.45, 2.75) is 11.6 Å². The van der Waals surface area contributed by atoms with Gasteiger partial charge in [0.2, 0.25) is 0 Å². The van der Waals surface area contributed by atoms with Crippen molar-refractivity contribution in [2.24, 2.45) is 0 Å². The summed E-state index contributed by atoms with van der Waals surface area (Å²) in [7, 11) is 0. The molecule has 20 heavy (non-hydrogen) atoms. The van der Waals surface area contributed by atoms with E-state index >= 15 is 0 Å². The standard InChI is InChI=1S/C13H12O7/c14-9-4-1-8(2-5-9)3-6-10-7-12(16,17)13(18,19)11(15)20-10/h1-7,14,16-19H/b6-3+. The molecule has 106 valence electrons. The Morgan fingerprint density at radius 2 is 1.60 bits per heavy atom. The zero-order valence-corrected chi connectivity index (χ0v) is 10.1. The molecule has 5 N–H and O–H groups in total. The van der Waals surface area contributed by atoms with Crippen LogP contribution in [0.2, 0.25) is 0 Å². The summed E-state index contributed by atoms with van der Waals surface area (Å²) >= 11 is 0. The number of cyclic esters (lactones) is 1. The fourth-order valence-electron chi connectivity index (χ4n) is 1.50. The molecular weight excluding hydrogens is 268 g/mol. The van der Waals surface area contributed by atoms with Crippen molar-refractivity contribution in [3.05, 3.63) is 47.7 Å². The largest absolute Gasteiger partial charge is 0.508 e. The third kappa shape index (κ3) is 2.56. The van der Waals surface area contributed by atoms with Gasteiger partial charge in [-0.1, -0.05) is 18.2 Å². The van der Waals surface area contributed by atoms with Crippen LogP contribution >= 0.6 is 0 Å². The van der Waals surface area contributed by atoms with Crippen molar-refractivity contribution in [3.8, 4) is 5.75 Å². The number of phenolic OH excluding ortho intramolecular Hbond substituents is 1. The number of benzene rings is 1. The van der Waals surface area contributed by atoms with Crippen molar-refractivity contribution in [1.82, 2.24) is 0 Å². The summed E-state index contributed by atoms with van der Waals surface area (Å²) in [6.45, 7) is 0. The molecule has 0 bridgehead atoms. The average Bonchev–Trinajstić information content (AvgIpc) is 2.35. The van der Waals surface area contributed by atoms with E-state index in [0.29, 0.717) is 11.6 Å². The number of phenols is 1. The summed E-state index contributed by atoms with van der Waals surface area (Å²) < 4.78 is 4.55. The summed E-state index contributed by atoms with van der Waals surface area (Å²) in [5.41, 5.74) is 0.645. The Balaban J connectivity index is 2.24. The molecule has 0 spiro atoms. The highest BCUT2D eigenvalue weighted by Gasteiger charge is 2.57. The van der Waals surface area contributed by atoms with Gasteiger partial charge in [0, 0.05) is 6.08 Å². The Morgan fingerprint density at radius 3 is 2.15 bits per heavy atom. The van der Waals surface area contributed by atoms with E-state index in [9.17, 15) is 25.2 Å². The minimum absolute atomic E-state index is 0.0838. The van der Waals surface area contributed by atoms with Crippen LogP contribution in [0.3, 0.4) is 0 Å². The maximum absolute atomic E-state index is 11.2. The Kier molecular flexibility index (Phi) is 3.36. The van der Waals surface area contributed by atoms with Gasteiger partial charge in [0.25, 0.3) is 5.79 Å². The lowest BCUT2D eigenvalue weighted by Gasteiger charge is -2.33. The second kappa shape index (κ2) is 4.73. The van der Waals surface area contributed by atoms with E-state index in [4.69, 9.17) is 5.11 Å². The number of ether oxygens (including phenoxy) is 1. The Morgan fingerprint density at radius 1 is 1.00 bits per heavy atom. The Labute approximate surface area is 113 Å². The van der Waals surface area contributed by atoms with Crippen molar-refractivity contribution in [1.29, 1.82) is 0 Å². The van der Waals surface area contributed by atoms with Gasteiger partial charge in [0.05, 0.1) is 0 Å². The van der Waals surface area contributed by atoms with Gasteiger partial charge in [-0.25, -0.2) is 4.79 Å². The van der Waals surface area contributed by atoms with Gasteiger partial charge < -0.3 is 30.3 Å². The SMILES string of the molecule is O=C1OC(/C=C/c2ccc(O)cc2)=CC(O)(O)C1(O)O. The highest BCUT2D eigenvalue weighted by Crippen LogP contribution is 2.28. The molecule has 1 aliphatic heterocycles. The predicted octanol–water partition coefficient (Wildman–Crippen LogP) is -0.792. The van der Waals surface area contributed by atoms with Crippen molar-refractivity contribution < 1.29 is 35.1 Å². The summed E-state index contributed by atoms with van der Waals surface area (Å²) in [4.78, 5) is 11.2. The van der Waals surface area contributed by atoms with Crippen LogP contribution in [0.1, 0.15) is 5.56 Å². The molecule has 0 amide bonds. The van der Waals surface area contributed by atoms with Crippen molar-refractivity contribution in [3.63, 3.8) is 0 Å². The highest BCUT2D eigenvalue weighted by atomic mass is 16.7. The third-order valence-electron chi connectivity index (χ3n) is 2.68. The van der Waals surface area contributed by atoms with Gasteiger partial charge >= 0.3 is 11.8 Å². The second-order valence-corrected chi connectivity index (χ2v) is 4.26. The number of hydrogen-bond donors (Lipinski definition) is 5. The smallest absolute Gasteiger partial charge is 0.378 e. The Bertz CT molecular complexity index is 581. The molecule has 1 aromatic carbocycles. The second-order valence-electron chi connectivity index (χ2n) is 4.26. The zero-order chi connectivity index (χ0) is 15.0. The molecule has 7 heteroatoms. The van der Waals surface area contributed by atoms with Gasteiger partial charge in [-0.2, -0.15) is 0 Å². The van der Waals surface area contributed by atoms with E-state index < -0.39 is 17.5 Å². The normalized spacial score (nSPS) is 20.6. The first kappa shape index (κ1) is 14.2. The number of carbonyl (C=O) groups excluding carboxylic acids is 1. The maximum Gasteiger partial charge on any atom is 0.378 e. The van der Waals surface area contributed by atoms with E-state index in [-0.39, 0.29) is 11.5 Å². The molecule has 0 aliphatic carbocycles. The lowest BCUT2D eigenvalue weighted by Crippen LogP contribution is -2.61. The predicted molar refractivity (Wildman–Crippen MR) is 65.7 cm³/mol. The van der Waals surface area contributed by atoms with E-state index in [1.165, 1.54) is 24.3 Å². The summed E-state index contributed by atoms with van der Waals surface area (Å²) in [5, 5.41) is 46.3. The molecule has 0 radical (unpaired) electrons. The first-order valence-electron chi connectivity index (χ1n) is 5.54. The molecule has 1 heterocycles. The first-order valence-corrected chi connectivity index (χ1v) is 5.54. The molecule has 0 unspecified atom stereocenters. The van der Waals surface area contributed by atoms with Gasteiger partial charge in [-0.15, -0.1) is 0 Å². The fourth-order valence-corrected chi connectivity index (χ4v) is 1.50. The fraction of sp³-hybridized carbons (Fsp3) is 0.154. The zero-order valence-electron chi connectivity index (χ0n) is 10.1. The molecule has 0 atom stereocenters. The maximum atomic E-state index is 11.2. The van der Waals surface area contributed by atoms with Crippen LogP contribution in [0, 0.1) is 0 Å². The van der Waals surface area contributed by atoms with Gasteiger partial charge in [0.1, 0.15) is 11.5 Å². The monoisotopic (exact) mass is 280 g/mol. The number of rotatable bonds is 2. The first-order chi connectivity index (χ1) is 9.22. The molecular formula is C13H12O7. The Hall–Kier alpha value is -2.19. The van der Waals surface area contributed by atoms with Crippen LogP contribution in [0.4, 0.5) is 0 Å². The molecule has 7 nitrogen and oxygen atoms in total. The minimum Gasteiger partial charge on any atom is -0.508 e. The van der Waals surface area contributed by atoms with Crippen LogP contribution in [0.5, 0.6) is 5.75 Å². The minimum atomic E-state index is -3.43. The molecule has 0 fully saturated rings. The summed E-state index contributed by atoms with van der Waals surface area (Å²) in [5.74, 6) is -8.36. The van der Waals surface area contributed by atoms with E-state index in [1.807, 2.05) is 0 Å². The number of hydrogen-bond acceptors (Lipinski definition) is 7. The number of esters is 1. The number of aromatic hydroxyl groups is 1. The van der Waals surface area contributed by atoms with Crippen LogP contribution < -0.4 is 0 Å². The van der Waals surface area contributed by atoms with Crippen LogP contribution in [-0.2, 0) is 9.53 Å². The van der Waals surface area contributed by atoms with Gasteiger partial charge in [0.15, 0.2) is 0 Å². The number of aliphatic hydroxyl groups is 4. The van der Waals surface area contributed by atoms with E-state index in [0.717, 1.165) is 0 Å². The lowest BCUT2D eigenvalue weighted by molar-refractivity contribution is -0.328. The van der Waals surface area contributed by atoms with Crippen LogP contribution in [-0.4, -0.2) is 43.1 Å². The van der Waals surface area contributed by atoms with Crippen molar-refractivity contribution >= 4 is 12.0 Å². The summed E-state index contributed by atoms with van der Waals surface area (Å²) in [6.07, 6.45) is 3.29. The molecule has 2 rings (SSSR count). The lowest BCUT2D eigenvalue weighted by atomic mass is 10.0. The average molecular weight is 280 g/mol. The summed E-state index contributed by atoms with van der Waals surface area (Å²) in [6, 6.07) is 6.03. The molecule has 0 saturated heterocycles. The van der Waals surface area contributed by atoms with Gasteiger partial charge in [-0.3, -0.25) is 0 Å². The topological polar surface area (TPSA) is 127 Å². The van der Waals surface area contributed by atoms with E-state index in [1.54, 1.807) is 12.1 Å². The molecule has 0 saturated carbocycles. The highest BCUT2D eigenvalue weighted by molar-refractivity contribution is 5.82. The van der Waals surface area contributed by atoms with Crippen LogP contribution in [0.15, 0.2) is 42.2 Å². The van der Waals surface area contributed by atoms with Gasteiger partial charge in [-0.05, 0) is 23.8 Å². The molecule has 0 aromatic heterocycles. The van der Waals surface area contributed by atoms with E-state index in [2.05, 4.69) is 4.74 Å². The molecule has 1 aliphatic rings. The quantitative estimate of drug-likeness (QED) is 0.355.